The number of nitrogens with one attached hydrogen (secondary N) is 1. The molecule has 0 unspecified atom stereocenters. The van der Waals surface area contributed by atoms with Crippen LogP contribution in [-0.2, 0) is 0 Å². The van der Waals surface area contributed by atoms with Gasteiger partial charge < -0.3 is 9.73 Å². The molecule has 0 bridgehead atoms. The average Bonchev–Trinajstić information content (AvgIpc) is 3.17. The van der Waals surface area contributed by atoms with Gasteiger partial charge in [-0.25, -0.2) is 9.97 Å². The topological polar surface area (TPSA) is 63.8 Å². The number of benzene rings is 3. The second kappa shape index (κ2) is 6.67. The van der Waals surface area contributed by atoms with Gasteiger partial charge in [-0.3, -0.25) is 4.98 Å². The van der Waals surface area contributed by atoms with E-state index in [1.165, 1.54) is 0 Å². The van der Waals surface area contributed by atoms with Crippen LogP contribution in [0, 0.1) is 0 Å². The molecule has 0 fully saturated rings. The van der Waals surface area contributed by atoms with Crippen LogP contribution < -0.4 is 5.32 Å². The van der Waals surface area contributed by atoms with Gasteiger partial charge in [0.15, 0.2) is 0 Å². The highest BCUT2D eigenvalue weighted by Gasteiger charge is 2.13. The first-order valence-corrected chi connectivity index (χ1v) is 9.71. The first kappa shape index (κ1) is 16.7. The lowest BCUT2D eigenvalue weighted by Crippen LogP contribution is -1.99. The summed E-state index contributed by atoms with van der Waals surface area (Å²) in [6.07, 6.45) is 3.48. The summed E-state index contributed by atoms with van der Waals surface area (Å²) in [6, 6.07) is 26.1. The molecule has 5 nitrogen and oxygen atoms in total. The summed E-state index contributed by atoms with van der Waals surface area (Å²) in [5.74, 6) is 0.548. The zero-order valence-corrected chi connectivity index (χ0v) is 15.9. The van der Waals surface area contributed by atoms with Gasteiger partial charge in [-0.15, -0.1) is 0 Å². The number of hydrogen-bond acceptors (Lipinski definition) is 5. The molecule has 0 amide bonds. The van der Waals surface area contributed by atoms with E-state index < -0.39 is 0 Å². The van der Waals surface area contributed by atoms with Crippen LogP contribution >= 0.6 is 0 Å². The molecule has 3 aromatic heterocycles. The summed E-state index contributed by atoms with van der Waals surface area (Å²) in [4.78, 5) is 13.6. The van der Waals surface area contributed by atoms with Gasteiger partial charge in [0.1, 0.15) is 11.2 Å². The Bertz CT molecular complexity index is 1520. The first-order chi connectivity index (χ1) is 14.8. The van der Waals surface area contributed by atoms with Crippen LogP contribution in [0.4, 0.5) is 11.6 Å². The van der Waals surface area contributed by atoms with Crippen LogP contribution in [0.2, 0.25) is 0 Å². The number of rotatable bonds is 3. The van der Waals surface area contributed by atoms with Crippen molar-refractivity contribution in [3.63, 3.8) is 0 Å². The SMILES string of the molecule is c1ccc2c(-c3ccc4oc5ccccc5c4c3)nc(Nc3ccncc3)nc2c1. The fourth-order valence-electron chi connectivity index (χ4n) is 3.79. The number of hydrogen-bond donors (Lipinski definition) is 1. The van der Waals surface area contributed by atoms with Gasteiger partial charge in [0.05, 0.1) is 11.2 Å². The minimum atomic E-state index is 0.548. The number of para-hydroxylation sites is 2. The predicted octanol–water partition coefficient (Wildman–Crippen LogP) is 6.33. The van der Waals surface area contributed by atoms with Crippen molar-refractivity contribution >= 4 is 44.5 Å². The van der Waals surface area contributed by atoms with E-state index in [1.54, 1.807) is 12.4 Å². The third-order valence-electron chi connectivity index (χ3n) is 5.19. The van der Waals surface area contributed by atoms with Crippen LogP contribution in [0.3, 0.4) is 0 Å². The quantitative estimate of drug-likeness (QED) is 0.383. The molecule has 6 aromatic rings. The van der Waals surface area contributed by atoms with Crippen molar-refractivity contribution in [2.75, 3.05) is 5.32 Å². The number of anilines is 2. The maximum atomic E-state index is 5.98. The molecule has 0 radical (unpaired) electrons. The van der Waals surface area contributed by atoms with Crippen LogP contribution in [0.5, 0.6) is 0 Å². The minimum Gasteiger partial charge on any atom is -0.456 e. The van der Waals surface area contributed by atoms with E-state index in [9.17, 15) is 0 Å². The molecule has 142 valence electrons. The lowest BCUT2D eigenvalue weighted by Gasteiger charge is -2.10. The monoisotopic (exact) mass is 388 g/mol. The summed E-state index contributed by atoms with van der Waals surface area (Å²) in [7, 11) is 0. The van der Waals surface area contributed by atoms with E-state index in [0.717, 1.165) is 49.8 Å². The van der Waals surface area contributed by atoms with Crippen molar-refractivity contribution in [3.05, 3.63) is 91.3 Å². The van der Waals surface area contributed by atoms with E-state index in [0.29, 0.717) is 5.95 Å². The molecule has 0 aliphatic carbocycles. The van der Waals surface area contributed by atoms with Crippen LogP contribution in [0.15, 0.2) is 95.7 Å². The van der Waals surface area contributed by atoms with E-state index in [-0.39, 0.29) is 0 Å². The van der Waals surface area contributed by atoms with Gasteiger partial charge >= 0.3 is 0 Å². The van der Waals surface area contributed by atoms with Gasteiger partial charge in [-0.2, -0.15) is 0 Å². The maximum absolute atomic E-state index is 5.98. The van der Waals surface area contributed by atoms with Crippen molar-refractivity contribution in [2.24, 2.45) is 0 Å². The fourth-order valence-corrected chi connectivity index (χ4v) is 3.79. The number of pyridine rings is 1. The molecule has 5 heteroatoms. The molecule has 6 rings (SSSR count). The molecule has 30 heavy (non-hydrogen) atoms. The fraction of sp³-hybridized carbons (Fsp3) is 0. The second-order valence-electron chi connectivity index (χ2n) is 7.08. The lowest BCUT2D eigenvalue weighted by atomic mass is 10.0. The standard InChI is InChI=1S/C25H16N4O/c1-3-7-21-19(6-1)24(29-25(28-21)27-17-11-13-26-14-12-17)16-9-10-23-20(15-16)18-5-2-4-8-22(18)30-23/h1-15H,(H,26,27,28,29). The predicted molar refractivity (Wildman–Crippen MR) is 120 cm³/mol. The Morgan fingerprint density at radius 1 is 0.667 bits per heavy atom. The van der Waals surface area contributed by atoms with Gasteiger partial charge in [0.25, 0.3) is 0 Å². The third-order valence-corrected chi connectivity index (χ3v) is 5.19. The summed E-state index contributed by atoms with van der Waals surface area (Å²) in [6.45, 7) is 0. The van der Waals surface area contributed by atoms with Crippen LogP contribution in [0.1, 0.15) is 0 Å². The highest BCUT2D eigenvalue weighted by molar-refractivity contribution is 6.07. The molecule has 3 aromatic carbocycles. The molecule has 3 heterocycles. The Morgan fingerprint density at radius 2 is 1.43 bits per heavy atom. The molecular formula is C25H16N4O. The van der Waals surface area contributed by atoms with Crippen LogP contribution in [0.25, 0.3) is 44.1 Å². The highest BCUT2D eigenvalue weighted by Crippen LogP contribution is 2.34. The van der Waals surface area contributed by atoms with Crippen molar-refractivity contribution in [2.45, 2.75) is 0 Å². The Kier molecular flexibility index (Phi) is 3.71. The average molecular weight is 388 g/mol. The second-order valence-corrected chi connectivity index (χ2v) is 7.08. The summed E-state index contributed by atoms with van der Waals surface area (Å²) in [5, 5.41) is 6.47. The normalized spacial score (nSPS) is 11.3. The van der Waals surface area contributed by atoms with Gasteiger partial charge in [0, 0.05) is 39.8 Å². The van der Waals surface area contributed by atoms with Crippen LogP contribution in [-0.4, -0.2) is 15.0 Å². The Labute approximate surface area is 172 Å². The highest BCUT2D eigenvalue weighted by atomic mass is 16.3. The van der Waals surface area contributed by atoms with E-state index in [2.05, 4.69) is 34.6 Å². The maximum Gasteiger partial charge on any atom is 0.228 e. The molecule has 0 aliphatic rings. The minimum absolute atomic E-state index is 0.548. The van der Waals surface area contributed by atoms with E-state index in [1.807, 2.05) is 54.6 Å². The summed E-state index contributed by atoms with van der Waals surface area (Å²) >= 11 is 0. The van der Waals surface area contributed by atoms with Gasteiger partial charge in [-0.05, 0) is 42.5 Å². The first-order valence-electron chi connectivity index (χ1n) is 9.71. The molecule has 0 aliphatic heterocycles. The zero-order valence-electron chi connectivity index (χ0n) is 15.9. The number of furan rings is 1. The van der Waals surface area contributed by atoms with Crippen molar-refractivity contribution in [1.29, 1.82) is 0 Å². The summed E-state index contributed by atoms with van der Waals surface area (Å²) in [5.41, 5.74) is 5.43. The number of aromatic nitrogens is 3. The summed E-state index contributed by atoms with van der Waals surface area (Å²) < 4.78 is 5.98. The van der Waals surface area contributed by atoms with Crippen molar-refractivity contribution in [1.82, 2.24) is 15.0 Å². The molecule has 0 saturated carbocycles. The van der Waals surface area contributed by atoms with E-state index >= 15 is 0 Å². The Morgan fingerprint density at radius 3 is 2.33 bits per heavy atom. The van der Waals surface area contributed by atoms with Crippen molar-refractivity contribution in [3.8, 4) is 11.3 Å². The third kappa shape index (κ3) is 2.76. The lowest BCUT2D eigenvalue weighted by molar-refractivity contribution is 0.669. The Hall–Kier alpha value is -4.25. The molecule has 0 saturated heterocycles. The van der Waals surface area contributed by atoms with Gasteiger partial charge in [-0.1, -0.05) is 36.4 Å². The molecule has 0 atom stereocenters. The molecular weight excluding hydrogens is 372 g/mol. The van der Waals surface area contributed by atoms with Crippen molar-refractivity contribution < 1.29 is 4.42 Å². The number of nitrogens with zero attached hydrogens (tertiary/aromatic N) is 3. The van der Waals surface area contributed by atoms with Gasteiger partial charge in [0.2, 0.25) is 5.95 Å². The zero-order chi connectivity index (χ0) is 19.9. The smallest absolute Gasteiger partial charge is 0.228 e. The van der Waals surface area contributed by atoms with E-state index in [4.69, 9.17) is 14.4 Å². The molecule has 0 spiro atoms. The largest absolute Gasteiger partial charge is 0.456 e. The Balaban J connectivity index is 1.56. The molecule has 1 N–H and O–H groups in total. The number of fused-ring (bicyclic) bond motifs is 4.